The highest BCUT2D eigenvalue weighted by Crippen LogP contribution is 2.56. The summed E-state index contributed by atoms with van der Waals surface area (Å²) in [4.78, 5) is 0. The summed E-state index contributed by atoms with van der Waals surface area (Å²) in [5, 5.41) is 0. The third kappa shape index (κ3) is 5.50. The fourth-order valence-electron chi connectivity index (χ4n) is 13.0. The second-order valence-electron chi connectivity index (χ2n) is 21.1. The topological polar surface area (TPSA) is 0 Å². The van der Waals surface area contributed by atoms with E-state index in [1.54, 1.807) is 0 Å². The zero-order valence-corrected chi connectivity index (χ0v) is 38.4. The molecule has 0 saturated heterocycles. The van der Waals surface area contributed by atoms with E-state index in [9.17, 15) is 0 Å². The van der Waals surface area contributed by atoms with Crippen molar-refractivity contribution in [3.63, 3.8) is 0 Å². The lowest BCUT2D eigenvalue weighted by Crippen LogP contribution is -2.17. The van der Waals surface area contributed by atoms with E-state index in [4.69, 9.17) is 0 Å². The van der Waals surface area contributed by atoms with Gasteiger partial charge in [-0.2, -0.15) is 0 Å². The predicted molar refractivity (Wildman–Crippen MR) is 274 cm³/mol. The molecule has 0 heterocycles. The minimum Gasteiger partial charge on any atom is -0.0839 e. The number of allylic oxidation sites excluding steroid dienone is 4. The van der Waals surface area contributed by atoms with Crippen molar-refractivity contribution < 1.29 is 0 Å². The second kappa shape index (κ2) is 13.6. The monoisotopic (exact) mass is 834 g/mol. The van der Waals surface area contributed by atoms with Gasteiger partial charge in [0.15, 0.2) is 0 Å². The zero-order valence-electron chi connectivity index (χ0n) is 38.4. The van der Waals surface area contributed by atoms with Crippen molar-refractivity contribution in [1.82, 2.24) is 0 Å². The molecule has 0 spiro atoms. The first-order valence-electron chi connectivity index (χ1n) is 23.9. The Balaban J connectivity index is 1.03. The van der Waals surface area contributed by atoms with E-state index in [1.165, 1.54) is 128 Å². The average Bonchev–Trinajstić information content (AvgIpc) is 3.82. The summed E-state index contributed by atoms with van der Waals surface area (Å²) < 4.78 is 0. The van der Waals surface area contributed by atoms with Crippen LogP contribution in [0.3, 0.4) is 0 Å². The minimum absolute atomic E-state index is 0.0438. The molecule has 1 atom stereocenters. The van der Waals surface area contributed by atoms with E-state index in [0.717, 1.165) is 19.3 Å². The Hall–Kier alpha value is -6.76. The molecular weight excluding hydrogens is 781 g/mol. The molecule has 0 radical (unpaired) electrons. The van der Waals surface area contributed by atoms with E-state index < -0.39 is 0 Å². The van der Waals surface area contributed by atoms with Crippen LogP contribution in [0.5, 0.6) is 0 Å². The quantitative estimate of drug-likeness (QED) is 0.166. The van der Waals surface area contributed by atoms with Gasteiger partial charge in [-0.1, -0.05) is 187 Å². The molecule has 65 heavy (non-hydrogen) atoms. The van der Waals surface area contributed by atoms with Crippen molar-refractivity contribution in [2.24, 2.45) is 0 Å². The van der Waals surface area contributed by atoms with Gasteiger partial charge in [0.2, 0.25) is 0 Å². The number of benzene rings is 8. The zero-order chi connectivity index (χ0) is 44.0. The van der Waals surface area contributed by atoms with Crippen LogP contribution in [0.1, 0.15) is 105 Å². The van der Waals surface area contributed by atoms with Crippen LogP contribution >= 0.6 is 0 Å². The number of rotatable bonds is 4. The molecule has 0 bridgehead atoms. The van der Waals surface area contributed by atoms with E-state index in [-0.39, 0.29) is 22.2 Å². The summed E-state index contributed by atoms with van der Waals surface area (Å²) in [6.45, 7) is 14.4. The fraction of sp³-hybridized carbons (Fsp3) is 0.200. The third-order valence-corrected chi connectivity index (χ3v) is 16.5. The number of fused-ring (bicyclic) bond motifs is 12. The van der Waals surface area contributed by atoms with Crippen LogP contribution in [0.4, 0.5) is 0 Å². The first kappa shape index (κ1) is 38.7. The van der Waals surface area contributed by atoms with Gasteiger partial charge < -0.3 is 0 Å². The van der Waals surface area contributed by atoms with Crippen molar-refractivity contribution in [2.45, 2.75) is 83.0 Å². The molecule has 13 rings (SSSR count). The maximum atomic E-state index is 2.55. The lowest BCUT2D eigenvalue weighted by Gasteiger charge is -2.33. The molecule has 5 aliphatic rings. The number of hydrogen-bond donors (Lipinski definition) is 0. The lowest BCUT2D eigenvalue weighted by molar-refractivity contribution is 0.660. The van der Waals surface area contributed by atoms with Gasteiger partial charge in [-0.25, -0.2) is 0 Å². The van der Waals surface area contributed by atoms with E-state index in [0.29, 0.717) is 0 Å². The summed E-state index contributed by atoms with van der Waals surface area (Å²) in [6.07, 6.45) is 10.5. The first-order chi connectivity index (χ1) is 31.5. The third-order valence-electron chi connectivity index (χ3n) is 16.5. The lowest BCUT2D eigenvalue weighted by atomic mass is 9.70. The fourth-order valence-corrected chi connectivity index (χ4v) is 13.0. The highest BCUT2D eigenvalue weighted by atomic mass is 14.4. The molecule has 0 saturated carbocycles. The molecule has 5 aliphatic carbocycles. The standard InChI is InChI=1S/C65H54/c1-63(2)56-21-13-10-18-47(56)50-29-25-41(36-59(50)63)40-24-28-46-45(32-40)35-53(39-16-8-7-9-17-39)62-54(43-27-31-52-49-20-12-15-23-58(49)65(5,6)61(52)38-43)33-44(34-55(46)62)42-26-30-51-48-19-11-14-22-57(48)64(3,4)60(51)37-42/h8,10-34,36-38,53H,7,9,35H2,1-6H3. The molecule has 0 aromatic heterocycles. The Morgan fingerprint density at radius 2 is 0.785 bits per heavy atom. The molecule has 8 aromatic carbocycles. The average molecular weight is 835 g/mol. The summed E-state index contributed by atoms with van der Waals surface area (Å²) >= 11 is 0. The molecule has 0 heteroatoms. The van der Waals surface area contributed by atoms with Gasteiger partial charge in [-0.05, 0) is 178 Å². The van der Waals surface area contributed by atoms with Gasteiger partial charge in [0.25, 0.3) is 0 Å². The molecule has 0 N–H and O–H groups in total. The van der Waals surface area contributed by atoms with Crippen LogP contribution < -0.4 is 0 Å². The number of hydrogen-bond acceptors (Lipinski definition) is 0. The van der Waals surface area contributed by atoms with Crippen molar-refractivity contribution in [3.05, 3.63) is 226 Å². The Bertz CT molecular complexity index is 3430. The minimum atomic E-state index is -0.0905. The van der Waals surface area contributed by atoms with Gasteiger partial charge in [-0.3, -0.25) is 0 Å². The Kier molecular flexibility index (Phi) is 8.11. The molecule has 314 valence electrons. The molecular formula is C65H54. The molecule has 1 unspecified atom stereocenters. The molecule has 0 aliphatic heterocycles. The largest absolute Gasteiger partial charge is 0.0839 e. The van der Waals surface area contributed by atoms with Gasteiger partial charge in [0, 0.05) is 22.2 Å². The van der Waals surface area contributed by atoms with Gasteiger partial charge in [0.1, 0.15) is 0 Å². The van der Waals surface area contributed by atoms with Gasteiger partial charge in [-0.15, -0.1) is 0 Å². The summed E-state index contributed by atoms with van der Waals surface area (Å²) in [5.41, 5.74) is 31.4. The highest BCUT2D eigenvalue weighted by molar-refractivity contribution is 5.93. The second-order valence-corrected chi connectivity index (χ2v) is 21.1. The van der Waals surface area contributed by atoms with Gasteiger partial charge >= 0.3 is 0 Å². The molecule has 8 aromatic rings. The normalized spacial score (nSPS) is 18.1. The Labute approximate surface area is 385 Å². The summed E-state index contributed by atoms with van der Waals surface area (Å²) in [7, 11) is 0. The van der Waals surface area contributed by atoms with E-state index in [2.05, 4.69) is 217 Å². The van der Waals surface area contributed by atoms with Gasteiger partial charge in [0.05, 0.1) is 0 Å². The first-order valence-corrected chi connectivity index (χ1v) is 23.9. The predicted octanol–water partition coefficient (Wildman–Crippen LogP) is 17.2. The summed E-state index contributed by atoms with van der Waals surface area (Å²) in [6, 6.07) is 61.4. The van der Waals surface area contributed by atoms with E-state index >= 15 is 0 Å². The summed E-state index contributed by atoms with van der Waals surface area (Å²) in [5.74, 6) is 0.230. The van der Waals surface area contributed by atoms with Crippen molar-refractivity contribution >= 4 is 0 Å². The van der Waals surface area contributed by atoms with Crippen molar-refractivity contribution in [1.29, 1.82) is 0 Å². The van der Waals surface area contributed by atoms with Crippen molar-refractivity contribution in [2.75, 3.05) is 0 Å². The highest BCUT2D eigenvalue weighted by Gasteiger charge is 2.39. The SMILES string of the molecule is CC1(C)c2ccccc2-c2ccc(-c3ccc4c(c3)CC(C3=CCCC=C3)c3c(-c5ccc6c(c5)C(C)(C)c5ccccc5-6)cc(-c5ccc6c(c5)C(C)(C)c5ccccc5-6)cc3-4)cc21. The maximum Gasteiger partial charge on any atom is 0.0159 e. The smallest absolute Gasteiger partial charge is 0.0159 e. The van der Waals surface area contributed by atoms with E-state index in [1.807, 2.05) is 0 Å². The van der Waals surface area contributed by atoms with Crippen LogP contribution in [0.15, 0.2) is 182 Å². The molecule has 0 fully saturated rings. The van der Waals surface area contributed by atoms with Crippen LogP contribution in [0, 0.1) is 0 Å². The van der Waals surface area contributed by atoms with Crippen LogP contribution in [-0.2, 0) is 22.7 Å². The van der Waals surface area contributed by atoms with Crippen LogP contribution in [-0.4, -0.2) is 0 Å². The Morgan fingerprint density at radius 1 is 0.354 bits per heavy atom. The maximum absolute atomic E-state index is 2.55. The molecule has 0 amide bonds. The van der Waals surface area contributed by atoms with Crippen LogP contribution in [0.25, 0.3) is 77.9 Å². The van der Waals surface area contributed by atoms with Crippen molar-refractivity contribution in [3.8, 4) is 77.9 Å². The molecule has 0 nitrogen and oxygen atoms in total. The van der Waals surface area contributed by atoms with Crippen LogP contribution in [0.2, 0.25) is 0 Å². The Morgan fingerprint density at radius 3 is 1.31 bits per heavy atom.